The van der Waals surface area contributed by atoms with E-state index in [0.717, 1.165) is 0 Å². The number of primary amides is 1. The molecule has 0 aliphatic carbocycles. The van der Waals surface area contributed by atoms with Crippen LogP contribution in [-0.4, -0.2) is 60.7 Å². The molecule has 154 valence electrons. The molecule has 1 aliphatic rings. The molecule has 0 bridgehead atoms. The molecule has 1 aromatic heterocycles. The van der Waals surface area contributed by atoms with Gasteiger partial charge in [0.1, 0.15) is 29.5 Å². The number of rotatable bonds is 7. The normalized spacial score (nSPS) is 18.9. The van der Waals surface area contributed by atoms with Crippen molar-refractivity contribution in [1.82, 2.24) is 9.88 Å². The van der Waals surface area contributed by atoms with Crippen molar-refractivity contribution in [2.24, 2.45) is 5.73 Å². The van der Waals surface area contributed by atoms with Crippen LogP contribution in [0.3, 0.4) is 0 Å². The minimum absolute atomic E-state index is 0.0309. The van der Waals surface area contributed by atoms with Crippen molar-refractivity contribution in [3.8, 4) is 11.6 Å². The summed E-state index contributed by atoms with van der Waals surface area (Å²) in [6.07, 6.45) is -0.135. The minimum atomic E-state index is -1.12. The molecule has 0 radical (unpaired) electrons. The lowest BCUT2D eigenvalue weighted by Gasteiger charge is -2.41. The number of aromatic nitrogens is 1. The number of morpholine rings is 1. The summed E-state index contributed by atoms with van der Waals surface area (Å²) >= 11 is 0. The molecule has 3 rings (SSSR count). The number of halogens is 1. The Morgan fingerprint density at radius 1 is 1.28 bits per heavy atom. The molecule has 2 N–H and O–H groups in total. The summed E-state index contributed by atoms with van der Waals surface area (Å²) in [7, 11) is 1.47. The molecule has 2 heterocycles. The third-order valence-corrected chi connectivity index (χ3v) is 4.50. The van der Waals surface area contributed by atoms with Gasteiger partial charge in [0.15, 0.2) is 0 Å². The number of ether oxygens (including phenoxy) is 3. The molecular formula is C20H22FN3O5. The second kappa shape index (κ2) is 8.87. The largest absolute Gasteiger partial charge is 0.490 e. The highest BCUT2D eigenvalue weighted by atomic mass is 19.1. The van der Waals surface area contributed by atoms with E-state index in [1.165, 1.54) is 31.4 Å². The molecule has 8 nitrogen and oxygen atoms in total. The summed E-state index contributed by atoms with van der Waals surface area (Å²) in [4.78, 5) is 30.3. The van der Waals surface area contributed by atoms with Gasteiger partial charge >= 0.3 is 0 Å². The van der Waals surface area contributed by atoms with Gasteiger partial charge in [-0.1, -0.05) is 6.07 Å². The quantitative estimate of drug-likeness (QED) is 0.749. The van der Waals surface area contributed by atoms with Gasteiger partial charge in [0.25, 0.3) is 5.91 Å². The number of amides is 2. The Morgan fingerprint density at radius 3 is 2.72 bits per heavy atom. The third kappa shape index (κ3) is 5.20. The molecule has 2 amide bonds. The number of nitrogens with zero attached hydrogens (tertiary/aromatic N) is 2. The van der Waals surface area contributed by atoms with Crippen molar-refractivity contribution in [2.45, 2.75) is 12.0 Å². The lowest BCUT2D eigenvalue weighted by molar-refractivity contribution is -0.142. The first kappa shape index (κ1) is 20.5. The second-order valence-electron chi connectivity index (χ2n) is 6.71. The second-order valence-corrected chi connectivity index (χ2v) is 6.71. The van der Waals surface area contributed by atoms with Crippen LogP contribution in [0.15, 0.2) is 42.5 Å². The van der Waals surface area contributed by atoms with Crippen LogP contribution in [0.4, 0.5) is 4.39 Å². The zero-order valence-corrected chi connectivity index (χ0v) is 16.0. The summed E-state index contributed by atoms with van der Waals surface area (Å²) in [6, 6.07) is 10.4. The lowest BCUT2D eigenvalue weighted by Crippen LogP contribution is -2.58. The van der Waals surface area contributed by atoms with Gasteiger partial charge < -0.3 is 24.8 Å². The summed E-state index contributed by atoms with van der Waals surface area (Å²) in [5.74, 6) is -0.547. The van der Waals surface area contributed by atoms with E-state index in [4.69, 9.17) is 19.9 Å². The Hall–Kier alpha value is -3.20. The average Bonchev–Trinajstić information content (AvgIpc) is 2.72. The summed E-state index contributed by atoms with van der Waals surface area (Å²) < 4.78 is 29.7. The standard InChI is InChI=1S/C20H22FN3O5/c1-27-18-4-2-3-16(23-18)19(26)24-9-10-29-20(12-24,11-17(22)25)13-28-15-7-5-14(21)6-8-15/h2-8H,9-13H2,1H3,(H2,22,25)/t20-/m0/s1. The first-order valence-corrected chi connectivity index (χ1v) is 9.02. The number of hydrogen-bond acceptors (Lipinski definition) is 6. The van der Waals surface area contributed by atoms with Gasteiger partial charge in [0.05, 0.1) is 26.7 Å². The molecule has 9 heteroatoms. The van der Waals surface area contributed by atoms with Crippen molar-refractivity contribution in [3.05, 3.63) is 54.0 Å². The summed E-state index contributed by atoms with van der Waals surface area (Å²) in [5.41, 5.74) is 4.51. The molecule has 0 saturated carbocycles. The van der Waals surface area contributed by atoms with Crippen LogP contribution in [-0.2, 0) is 9.53 Å². The van der Waals surface area contributed by atoms with E-state index < -0.39 is 11.5 Å². The molecule has 1 atom stereocenters. The highest BCUT2D eigenvalue weighted by molar-refractivity contribution is 5.92. The van der Waals surface area contributed by atoms with Gasteiger partial charge in [-0.15, -0.1) is 0 Å². The SMILES string of the molecule is COc1cccc(C(=O)N2CCO[C@@](COc3ccc(F)cc3)(CC(N)=O)C2)n1. The van der Waals surface area contributed by atoms with Crippen LogP contribution in [0.25, 0.3) is 0 Å². The van der Waals surface area contributed by atoms with Gasteiger partial charge in [-0.05, 0) is 30.3 Å². The zero-order chi connectivity index (χ0) is 20.9. The maximum absolute atomic E-state index is 13.1. The first-order chi connectivity index (χ1) is 13.9. The van der Waals surface area contributed by atoms with E-state index in [2.05, 4.69) is 4.98 Å². The van der Waals surface area contributed by atoms with E-state index >= 15 is 0 Å². The number of carbonyl (C=O) groups is 2. The molecule has 1 aliphatic heterocycles. The van der Waals surface area contributed by atoms with Gasteiger partial charge in [0, 0.05) is 12.6 Å². The molecular weight excluding hydrogens is 381 g/mol. The fraction of sp³-hybridized carbons (Fsp3) is 0.350. The van der Waals surface area contributed by atoms with E-state index in [0.29, 0.717) is 18.2 Å². The number of nitrogens with two attached hydrogens (primary N) is 1. The fourth-order valence-corrected chi connectivity index (χ4v) is 3.14. The van der Waals surface area contributed by atoms with Crippen molar-refractivity contribution in [2.75, 3.05) is 33.4 Å². The Bertz CT molecular complexity index is 877. The number of carbonyl (C=O) groups excluding carboxylic acids is 2. The number of benzene rings is 1. The Labute approximate surface area is 167 Å². The van der Waals surface area contributed by atoms with Crippen molar-refractivity contribution >= 4 is 11.8 Å². The zero-order valence-electron chi connectivity index (χ0n) is 16.0. The molecule has 0 unspecified atom stereocenters. The van der Waals surface area contributed by atoms with Crippen LogP contribution in [0, 0.1) is 5.82 Å². The Morgan fingerprint density at radius 2 is 2.03 bits per heavy atom. The lowest BCUT2D eigenvalue weighted by atomic mass is 9.97. The minimum Gasteiger partial charge on any atom is -0.490 e. The third-order valence-electron chi connectivity index (χ3n) is 4.50. The Balaban J connectivity index is 1.76. The van der Waals surface area contributed by atoms with Gasteiger partial charge in [0.2, 0.25) is 11.8 Å². The molecule has 0 spiro atoms. The van der Waals surface area contributed by atoms with Crippen LogP contribution in [0.2, 0.25) is 0 Å². The topological polar surface area (TPSA) is 104 Å². The Kier molecular flexibility index (Phi) is 6.28. The highest BCUT2D eigenvalue weighted by Crippen LogP contribution is 2.25. The molecule has 29 heavy (non-hydrogen) atoms. The van der Waals surface area contributed by atoms with E-state index in [1.807, 2.05) is 0 Å². The molecule has 1 fully saturated rings. The number of methoxy groups -OCH3 is 1. The van der Waals surface area contributed by atoms with Gasteiger partial charge in [-0.3, -0.25) is 9.59 Å². The van der Waals surface area contributed by atoms with E-state index in [9.17, 15) is 14.0 Å². The number of pyridine rings is 1. The van der Waals surface area contributed by atoms with E-state index in [1.54, 1.807) is 23.1 Å². The maximum Gasteiger partial charge on any atom is 0.272 e. The van der Waals surface area contributed by atoms with Crippen LogP contribution >= 0.6 is 0 Å². The average molecular weight is 403 g/mol. The van der Waals surface area contributed by atoms with Gasteiger partial charge in [-0.25, -0.2) is 9.37 Å². The predicted molar refractivity (Wildman–Crippen MR) is 101 cm³/mol. The van der Waals surface area contributed by atoms with E-state index in [-0.39, 0.29) is 43.6 Å². The van der Waals surface area contributed by atoms with Crippen LogP contribution in [0.1, 0.15) is 16.9 Å². The predicted octanol–water partition coefficient (Wildman–Crippen LogP) is 1.39. The smallest absolute Gasteiger partial charge is 0.272 e. The summed E-state index contributed by atoms with van der Waals surface area (Å²) in [6.45, 7) is 0.594. The molecule has 2 aromatic rings. The van der Waals surface area contributed by atoms with Crippen molar-refractivity contribution in [1.29, 1.82) is 0 Å². The first-order valence-electron chi connectivity index (χ1n) is 9.02. The monoisotopic (exact) mass is 403 g/mol. The van der Waals surface area contributed by atoms with Gasteiger partial charge in [-0.2, -0.15) is 0 Å². The molecule has 1 aromatic carbocycles. The highest BCUT2D eigenvalue weighted by Gasteiger charge is 2.41. The molecule has 1 saturated heterocycles. The van der Waals surface area contributed by atoms with Crippen molar-refractivity contribution < 1.29 is 28.2 Å². The van der Waals surface area contributed by atoms with Crippen LogP contribution < -0.4 is 15.2 Å². The van der Waals surface area contributed by atoms with Crippen LogP contribution in [0.5, 0.6) is 11.6 Å². The fourth-order valence-electron chi connectivity index (χ4n) is 3.14. The number of hydrogen-bond donors (Lipinski definition) is 1. The summed E-state index contributed by atoms with van der Waals surface area (Å²) in [5, 5.41) is 0. The maximum atomic E-state index is 13.1. The van der Waals surface area contributed by atoms with Crippen molar-refractivity contribution in [3.63, 3.8) is 0 Å².